The highest BCUT2D eigenvalue weighted by molar-refractivity contribution is 5.84. The first-order valence-corrected chi connectivity index (χ1v) is 13.1. The normalized spacial score (nSPS) is 20.3. The molecule has 0 bridgehead atoms. The number of aromatic amines is 1. The maximum absolute atomic E-state index is 14.1. The number of aryl methyl sites for hydroxylation is 1. The van der Waals surface area contributed by atoms with Crippen molar-refractivity contribution in [3.05, 3.63) is 65.2 Å². The number of imidazole rings is 1. The molecular formula is C28H29F3N6O. The molecule has 3 fully saturated rings. The zero-order valence-corrected chi connectivity index (χ0v) is 21.2. The Bertz CT molecular complexity index is 1510. The van der Waals surface area contributed by atoms with E-state index in [1.54, 1.807) is 6.33 Å². The molecule has 2 aromatic carbocycles. The Morgan fingerprint density at radius 3 is 2.61 bits per heavy atom. The number of benzene rings is 2. The summed E-state index contributed by atoms with van der Waals surface area (Å²) in [7, 11) is 1.91. The number of halogens is 3. The standard InChI is InChI=1S/C28H29F3N6O/c1-36-17-32-35-23(36)12-27(15-38-16-27)20-4-2-3-19(11-20)25-33-22-10-18(9-21(24(22)34-25)28(29,30)31)13-37-8-7-26(14-37)5-6-26/h2-4,9-11,17H,5-8,12-16H2,1H3,(H,33,34). The van der Waals surface area contributed by atoms with Crippen LogP contribution >= 0.6 is 0 Å². The van der Waals surface area contributed by atoms with Crippen molar-refractivity contribution in [2.75, 3.05) is 26.3 Å². The molecule has 3 aliphatic rings. The quantitative estimate of drug-likeness (QED) is 0.391. The Morgan fingerprint density at radius 1 is 1.11 bits per heavy atom. The fraction of sp³-hybridized carbons (Fsp3) is 0.464. The number of fused-ring (bicyclic) bond motifs is 1. The summed E-state index contributed by atoms with van der Waals surface area (Å²) < 4.78 is 49.9. The topological polar surface area (TPSA) is 71.9 Å². The highest BCUT2D eigenvalue weighted by Crippen LogP contribution is 2.53. The molecule has 4 aromatic rings. The fourth-order valence-electron chi connectivity index (χ4n) is 6.11. The number of alkyl halides is 3. The van der Waals surface area contributed by atoms with Crippen LogP contribution in [0.4, 0.5) is 13.2 Å². The molecular weight excluding hydrogens is 493 g/mol. The first kappa shape index (κ1) is 23.8. The first-order valence-electron chi connectivity index (χ1n) is 13.1. The summed E-state index contributed by atoms with van der Waals surface area (Å²) in [5, 5.41) is 8.22. The average Bonchev–Trinajstić information content (AvgIpc) is 3.15. The van der Waals surface area contributed by atoms with E-state index in [0.717, 1.165) is 36.5 Å². The van der Waals surface area contributed by atoms with Gasteiger partial charge in [0.2, 0.25) is 0 Å². The molecule has 2 aliphatic heterocycles. The minimum Gasteiger partial charge on any atom is -0.379 e. The van der Waals surface area contributed by atoms with Crippen molar-refractivity contribution in [2.24, 2.45) is 12.5 Å². The predicted octanol–water partition coefficient (Wildman–Crippen LogP) is 4.87. The van der Waals surface area contributed by atoms with Crippen LogP contribution in [0.2, 0.25) is 0 Å². The molecule has 1 spiro atoms. The molecule has 0 atom stereocenters. The average molecular weight is 523 g/mol. The van der Waals surface area contributed by atoms with Crippen LogP contribution in [-0.4, -0.2) is 55.9 Å². The molecule has 7 rings (SSSR count). The SMILES string of the molecule is Cn1cnnc1CC1(c2cccc(-c3nc4c(C(F)(F)F)cc(CN5CCC6(CC6)C5)cc4[nH]3)c2)COC1. The molecule has 7 nitrogen and oxygen atoms in total. The van der Waals surface area contributed by atoms with E-state index in [9.17, 15) is 13.2 Å². The van der Waals surface area contributed by atoms with Crippen LogP contribution in [-0.2, 0) is 36.3 Å². The molecule has 0 amide bonds. The van der Waals surface area contributed by atoms with E-state index in [1.165, 1.54) is 18.9 Å². The summed E-state index contributed by atoms with van der Waals surface area (Å²) in [5.41, 5.74) is 2.31. The molecule has 10 heteroatoms. The van der Waals surface area contributed by atoms with Crippen LogP contribution in [0.25, 0.3) is 22.4 Å². The van der Waals surface area contributed by atoms with Crippen LogP contribution in [0.5, 0.6) is 0 Å². The first-order chi connectivity index (χ1) is 18.2. The van der Waals surface area contributed by atoms with Gasteiger partial charge in [-0.1, -0.05) is 18.2 Å². The summed E-state index contributed by atoms with van der Waals surface area (Å²) >= 11 is 0. The van der Waals surface area contributed by atoms with Crippen molar-refractivity contribution in [3.63, 3.8) is 0 Å². The minimum atomic E-state index is -4.49. The second kappa shape index (κ2) is 8.38. The summed E-state index contributed by atoms with van der Waals surface area (Å²) in [6, 6.07) is 11.0. The van der Waals surface area contributed by atoms with Gasteiger partial charge in [0.05, 0.1) is 24.3 Å². The van der Waals surface area contributed by atoms with Crippen molar-refractivity contribution in [3.8, 4) is 11.4 Å². The summed E-state index contributed by atoms with van der Waals surface area (Å²) in [6.07, 6.45) is 1.47. The predicted molar refractivity (Wildman–Crippen MR) is 135 cm³/mol. The number of ether oxygens (including phenoxy) is 1. The van der Waals surface area contributed by atoms with Crippen LogP contribution in [0.3, 0.4) is 0 Å². The largest absolute Gasteiger partial charge is 0.418 e. The molecule has 4 heterocycles. The van der Waals surface area contributed by atoms with E-state index < -0.39 is 11.7 Å². The molecule has 1 N–H and O–H groups in total. The minimum absolute atomic E-state index is 0.0393. The van der Waals surface area contributed by atoms with E-state index in [4.69, 9.17) is 4.74 Å². The number of hydrogen-bond acceptors (Lipinski definition) is 5. The molecule has 1 saturated carbocycles. The van der Waals surface area contributed by atoms with Crippen LogP contribution in [0.1, 0.15) is 41.8 Å². The lowest BCUT2D eigenvalue weighted by molar-refractivity contribution is -0.136. The Labute approximate surface area is 218 Å². The lowest BCUT2D eigenvalue weighted by atomic mass is 9.75. The van der Waals surface area contributed by atoms with Gasteiger partial charge >= 0.3 is 6.18 Å². The van der Waals surface area contributed by atoms with E-state index in [-0.39, 0.29) is 10.9 Å². The molecule has 198 valence electrons. The van der Waals surface area contributed by atoms with Gasteiger partial charge in [-0.15, -0.1) is 10.2 Å². The third kappa shape index (κ3) is 4.10. The van der Waals surface area contributed by atoms with Gasteiger partial charge < -0.3 is 14.3 Å². The maximum Gasteiger partial charge on any atom is 0.418 e. The zero-order chi connectivity index (χ0) is 26.1. The number of rotatable bonds is 6. The van der Waals surface area contributed by atoms with E-state index in [2.05, 4.69) is 25.1 Å². The Hall–Kier alpha value is -3.24. The van der Waals surface area contributed by atoms with Gasteiger partial charge in [-0.3, -0.25) is 4.90 Å². The van der Waals surface area contributed by atoms with E-state index in [1.807, 2.05) is 41.9 Å². The van der Waals surface area contributed by atoms with E-state index >= 15 is 0 Å². The Morgan fingerprint density at radius 2 is 1.95 bits per heavy atom. The van der Waals surface area contributed by atoms with Gasteiger partial charge in [0.15, 0.2) is 0 Å². The highest BCUT2D eigenvalue weighted by atomic mass is 19.4. The Kier molecular flexibility index (Phi) is 5.26. The van der Waals surface area contributed by atoms with Gasteiger partial charge in [-0.2, -0.15) is 13.2 Å². The lowest BCUT2D eigenvalue weighted by Crippen LogP contribution is -2.49. The zero-order valence-electron chi connectivity index (χ0n) is 21.2. The molecule has 2 saturated heterocycles. The van der Waals surface area contributed by atoms with Gasteiger partial charge in [0, 0.05) is 37.5 Å². The van der Waals surface area contributed by atoms with Crippen LogP contribution < -0.4 is 0 Å². The smallest absolute Gasteiger partial charge is 0.379 e. The van der Waals surface area contributed by atoms with Gasteiger partial charge in [0.25, 0.3) is 0 Å². The Balaban J connectivity index is 1.23. The number of nitrogens with one attached hydrogen (secondary N) is 1. The van der Waals surface area contributed by atoms with Crippen LogP contribution in [0, 0.1) is 5.41 Å². The van der Waals surface area contributed by atoms with E-state index in [0.29, 0.717) is 48.5 Å². The lowest BCUT2D eigenvalue weighted by Gasteiger charge is -2.41. The van der Waals surface area contributed by atoms with Gasteiger partial charge in [-0.25, -0.2) is 4.98 Å². The molecule has 38 heavy (non-hydrogen) atoms. The number of aromatic nitrogens is 5. The molecule has 2 aromatic heterocycles. The van der Waals surface area contributed by atoms with Crippen molar-refractivity contribution in [1.29, 1.82) is 0 Å². The van der Waals surface area contributed by atoms with Crippen molar-refractivity contribution in [1.82, 2.24) is 29.6 Å². The molecule has 1 aliphatic carbocycles. The molecule has 0 radical (unpaired) electrons. The summed E-state index contributed by atoms with van der Waals surface area (Å²) in [4.78, 5) is 9.95. The third-order valence-electron chi connectivity index (χ3n) is 8.64. The number of nitrogens with zero attached hydrogens (tertiary/aromatic N) is 5. The van der Waals surface area contributed by atoms with Crippen molar-refractivity contribution >= 4 is 11.0 Å². The summed E-state index contributed by atoms with van der Waals surface area (Å²) in [6.45, 7) is 3.54. The monoisotopic (exact) mass is 522 g/mol. The highest BCUT2D eigenvalue weighted by Gasteiger charge is 2.47. The third-order valence-corrected chi connectivity index (χ3v) is 8.64. The summed E-state index contributed by atoms with van der Waals surface area (Å²) in [5.74, 6) is 1.28. The number of likely N-dealkylation sites (tertiary alicyclic amines) is 1. The van der Waals surface area contributed by atoms with Gasteiger partial charge in [-0.05, 0) is 60.5 Å². The number of H-pyrrole nitrogens is 1. The number of hydrogen-bond donors (Lipinski definition) is 1. The fourth-order valence-corrected chi connectivity index (χ4v) is 6.11. The van der Waals surface area contributed by atoms with Crippen molar-refractivity contribution < 1.29 is 17.9 Å². The molecule has 0 unspecified atom stereocenters. The second-order valence-corrected chi connectivity index (χ2v) is 11.5. The second-order valence-electron chi connectivity index (χ2n) is 11.5. The maximum atomic E-state index is 14.1. The van der Waals surface area contributed by atoms with Gasteiger partial charge in [0.1, 0.15) is 23.5 Å². The van der Waals surface area contributed by atoms with Crippen LogP contribution in [0.15, 0.2) is 42.7 Å². The van der Waals surface area contributed by atoms with Crippen molar-refractivity contribution in [2.45, 2.75) is 43.8 Å².